The fraction of sp³-hybridized carbons (Fsp3) is 0.250. The van der Waals surface area contributed by atoms with Crippen LogP contribution in [0.5, 0.6) is 23.0 Å². The molecule has 0 aliphatic heterocycles. The van der Waals surface area contributed by atoms with Crippen LogP contribution in [0.2, 0.25) is 0 Å². The van der Waals surface area contributed by atoms with Crippen molar-refractivity contribution in [1.82, 2.24) is 5.43 Å². The number of hydrogen-bond acceptors (Lipinski definition) is 7. The second-order valence-electron chi connectivity index (χ2n) is 7.92. The van der Waals surface area contributed by atoms with Crippen LogP contribution in [-0.4, -0.2) is 38.4 Å². The maximum atomic E-state index is 12.6. The fourth-order valence-corrected chi connectivity index (χ4v) is 3.09. The van der Waals surface area contributed by atoms with E-state index in [0.717, 1.165) is 18.4 Å². The molecule has 0 bridgehead atoms. The van der Waals surface area contributed by atoms with Gasteiger partial charge in [-0.25, -0.2) is 10.2 Å². The van der Waals surface area contributed by atoms with Crippen molar-refractivity contribution in [2.24, 2.45) is 5.10 Å². The number of aryl methyl sites for hydroxylation is 1. The first kappa shape index (κ1) is 26.3. The Labute approximate surface area is 210 Å². The number of hydrazone groups is 1. The van der Waals surface area contributed by atoms with Crippen LogP contribution in [0.4, 0.5) is 0 Å². The normalized spacial score (nSPS) is 10.6. The van der Waals surface area contributed by atoms with Crippen LogP contribution in [0.25, 0.3) is 0 Å². The highest BCUT2D eigenvalue weighted by Crippen LogP contribution is 2.28. The molecule has 3 aromatic rings. The first-order valence-electron chi connectivity index (χ1n) is 11.6. The van der Waals surface area contributed by atoms with E-state index in [9.17, 15) is 9.59 Å². The maximum absolute atomic E-state index is 12.6. The summed E-state index contributed by atoms with van der Waals surface area (Å²) in [5.74, 6) is 1.01. The zero-order chi connectivity index (χ0) is 25.8. The quantitative estimate of drug-likeness (QED) is 0.127. The number of methoxy groups -OCH3 is 1. The summed E-state index contributed by atoms with van der Waals surface area (Å²) in [6, 6.07) is 19.1. The van der Waals surface area contributed by atoms with Crippen molar-refractivity contribution < 1.29 is 28.5 Å². The van der Waals surface area contributed by atoms with Crippen molar-refractivity contribution in [3.8, 4) is 23.0 Å². The monoisotopic (exact) mass is 490 g/mol. The van der Waals surface area contributed by atoms with Gasteiger partial charge in [-0.15, -0.1) is 0 Å². The lowest BCUT2D eigenvalue weighted by atomic mass is 10.2. The molecule has 0 unspecified atom stereocenters. The van der Waals surface area contributed by atoms with Gasteiger partial charge in [0.25, 0.3) is 5.91 Å². The Morgan fingerprint density at radius 1 is 0.944 bits per heavy atom. The third kappa shape index (κ3) is 8.16. The molecule has 188 valence electrons. The molecule has 8 nitrogen and oxygen atoms in total. The number of amides is 1. The van der Waals surface area contributed by atoms with E-state index in [2.05, 4.69) is 17.5 Å². The van der Waals surface area contributed by atoms with Crippen LogP contribution < -0.4 is 24.4 Å². The number of hydrogen-bond donors (Lipinski definition) is 1. The van der Waals surface area contributed by atoms with Crippen LogP contribution in [0, 0.1) is 6.92 Å². The molecule has 0 aromatic heterocycles. The third-order valence-corrected chi connectivity index (χ3v) is 5.01. The van der Waals surface area contributed by atoms with E-state index in [4.69, 9.17) is 18.9 Å². The van der Waals surface area contributed by atoms with Crippen molar-refractivity contribution in [2.45, 2.75) is 26.7 Å². The number of rotatable bonds is 12. The molecule has 0 saturated carbocycles. The van der Waals surface area contributed by atoms with Gasteiger partial charge in [0, 0.05) is 0 Å². The standard InChI is InChI=1S/C28H30N2O6/c1-4-5-15-34-23-12-10-22(11-13-23)28(32)36-25-14-9-21(17-26(25)33-3)18-29-30-27(31)19-35-24-8-6-7-20(2)16-24/h6-14,16-18H,4-5,15,19H2,1-3H3,(H,30,31)/b29-18+. The Kier molecular flexibility index (Phi) is 9.88. The summed E-state index contributed by atoms with van der Waals surface area (Å²) in [7, 11) is 1.47. The van der Waals surface area contributed by atoms with E-state index in [1.54, 1.807) is 48.5 Å². The molecule has 3 rings (SSSR count). The molecular formula is C28H30N2O6. The molecular weight excluding hydrogens is 460 g/mol. The molecule has 1 amide bonds. The molecule has 0 aliphatic rings. The Bertz CT molecular complexity index is 1190. The van der Waals surface area contributed by atoms with E-state index in [1.165, 1.54) is 13.3 Å². The summed E-state index contributed by atoms with van der Waals surface area (Å²) in [6.07, 6.45) is 3.48. The summed E-state index contributed by atoms with van der Waals surface area (Å²) >= 11 is 0. The summed E-state index contributed by atoms with van der Waals surface area (Å²) < 4.78 is 21.9. The van der Waals surface area contributed by atoms with Crippen molar-refractivity contribution in [3.63, 3.8) is 0 Å². The second kappa shape index (κ2) is 13.5. The lowest BCUT2D eigenvalue weighted by Gasteiger charge is -2.10. The van der Waals surface area contributed by atoms with Crippen LogP contribution in [0.1, 0.15) is 41.3 Å². The van der Waals surface area contributed by atoms with Crippen molar-refractivity contribution in [1.29, 1.82) is 0 Å². The van der Waals surface area contributed by atoms with Crippen molar-refractivity contribution in [3.05, 3.63) is 83.4 Å². The van der Waals surface area contributed by atoms with E-state index in [-0.39, 0.29) is 12.4 Å². The summed E-state index contributed by atoms with van der Waals surface area (Å²) in [5.41, 5.74) is 4.48. The Balaban J connectivity index is 1.53. The fourth-order valence-electron chi connectivity index (χ4n) is 3.09. The Morgan fingerprint density at radius 3 is 2.47 bits per heavy atom. The highest BCUT2D eigenvalue weighted by Gasteiger charge is 2.13. The van der Waals surface area contributed by atoms with Gasteiger partial charge >= 0.3 is 5.97 Å². The van der Waals surface area contributed by atoms with Gasteiger partial charge in [-0.2, -0.15) is 5.10 Å². The number of ether oxygens (including phenoxy) is 4. The highest BCUT2D eigenvalue weighted by molar-refractivity contribution is 5.92. The second-order valence-corrected chi connectivity index (χ2v) is 7.92. The van der Waals surface area contributed by atoms with E-state index < -0.39 is 11.9 Å². The van der Waals surface area contributed by atoms with Crippen LogP contribution >= 0.6 is 0 Å². The number of nitrogens with one attached hydrogen (secondary N) is 1. The number of unbranched alkanes of at least 4 members (excludes halogenated alkanes) is 1. The van der Waals surface area contributed by atoms with Crippen molar-refractivity contribution >= 4 is 18.1 Å². The molecule has 0 aliphatic carbocycles. The molecule has 0 atom stereocenters. The molecule has 0 spiro atoms. The molecule has 0 fully saturated rings. The Hall–Kier alpha value is -4.33. The molecule has 0 heterocycles. The van der Waals surface area contributed by atoms with Gasteiger partial charge in [0.1, 0.15) is 11.5 Å². The first-order chi connectivity index (χ1) is 17.5. The summed E-state index contributed by atoms with van der Waals surface area (Å²) in [6.45, 7) is 4.51. The maximum Gasteiger partial charge on any atom is 0.343 e. The Morgan fingerprint density at radius 2 is 1.75 bits per heavy atom. The van der Waals surface area contributed by atoms with Gasteiger partial charge in [-0.3, -0.25) is 4.79 Å². The predicted octanol–water partition coefficient (Wildman–Crippen LogP) is 4.93. The minimum absolute atomic E-state index is 0.162. The van der Waals surface area contributed by atoms with E-state index in [1.807, 2.05) is 25.1 Å². The SMILES string of the molecule is CCCCOc1ccc(C(=O)Oc2ccc(/C=N/NC(=O)COc3cccc(C)c3)cc2OC)cc1. The summed E-state index contributed by atoms with van der Waals surface area (Å²) in [5, 5.41) is 3.94. The van der Waals surface area contributed by atoms with Gasteiger partial charge in [0.15, 0.2) is 18.1 Å². The van der Waals surface area contributed by atoms with Gasteiger partial charge < -0.3 is 18.9 Å². The van der Waals surface area contributed by atoms with Gasteiger partial charge in [0.05, 0.1) is 25.5 Å². The molecule has 3 aromatic carbocycles. The minimum atomic E-state index is -0.518. The smallest absolute Gasteiger partial charge is 0.343 e. The lowest BCUT2D eigenvalue weighted by Crippen LogP contribution is -2.24. The molecule has 36 heavy (non-hydrogen) atoms. The predicted molar refractivity (Wildman–Crippen MR) is 137 cm³/mol. The molecule has 8 heteroatoms. The number of carbonyl (C=O) groups excluding carboxylic acids is 2. The number of esters is 1. The average Bonchev–Trinajstić information content (AvgIpc) is 2.89. The number of benzene rings is 3. The van der Waals surface area contributed by atoms with Crippen LogP contribution in [-0.2, 0) is 4.79 Å². The zero-order valence-electron chi connectivity index (χ0n) is 20.7. The van der Waals surface area contributed by atoms with Gasteiger partial charge in [-0.1, -0.05) is 25.5 Å². The third-order valence-electron chi connectivity index (χ3n) is 5.01. The molecule has 1 N–H and O–H groups in total. The number of nitrogens with zero attached hydrogens (tertiary/aromatic N) is 1. The number of carbonyl (C=O) groups is 2. The summed E-state index contributed by atoms with van der Waals surface area (Å²) in [4.78, 5) is 24.5. The minimum Gasteiger partial charge on any atom is -0.494 e. The van der Waals surface area contributed by atoms with Gasteiger partial charge in [-0.05, 0) is 79.1 Å². The highest BCUT2D eigenvalue weighted by atomic mass is 16.6. The topological polar surface area (TPSA) is 95.5 Å². The lowest BCUT2D eigenvalue weighted by molar-refractivity contribution is -0.123. The molecule has 0 radical (unpaired) electrons. The van der Waals surface area contributed by atoms with Crippen LogP contribution in [0.3, 0.4) is 0 Å². The first-order valence-corrected chi connectivity index (χ1v) is 11.6. The average molecular weight is 491 g/mol. The van der Waals surface area contributed by atoms with Gasteiger partial charge in [0.2, 0.25) is 0 Å². The van der Waals surface area contributed by atoms with Crippen LogP contribution in [0.15, 0.2) is 71.8 Å². The van der Waals surface area contributed by atoms with Crippen molar-refractivity contribution in [2.75, 3.05) is 20.3 Å². The largest absolute Gasteiger partial charge is 0.494 e. The van der Waals surface area contributed by atoms with E-state index >= 15 is 0 Å². The van der Waals surface area contributed by atoms with E-state index in [0.29, 0.717) is 35.0 Å². The molecule has 0 saturated heterocycles. The zero-order valence-corrected chi connectivity index (χ0v) is 20.7.